The third-order valence-corrected chi connectivity index (χ3v) is 5.80. The minimum atomic E-state index is 0.686. The van der Waals surface area contributed by atoms with Gasteiger partial charge in [-0.3, -0.25) is 0 Å². The third-order valence-electron chi connectivity index (χ3n) is 4.46. The topological polar surface area (TPSA) is 47.0 Å². The second-order valence-electron chi connectivity index (χ2n) is 8.40. The number of benzene rings is 2. The summed E-state index contributed by atoms with van der Waals surface area (Å²) < 4.78 is 5.59. The van der Waals surface area contributed by atoms with Gasteiger partial charge in [0.05, 0.1) is 0 Å². The van der Waals surface area contributed by atoms with Crippen LogP contribution in [0.25, 0.3) is 0 Å². The standard InChI is InChI=1S/C13H16N2S.C13H15NOS/c2*1-10(2)9-11-3-5-12(6-4-11)15-13-14-7-8-16-13/h3-8,10H,9H2,1-2H3,(H,14,15);3-8,10H,9H2,1-2H3. The van der Waals surface area contributed by atoms with Gasteiger partial charge in [0.25, 0.3) is 5.19 Å². The van der Waals surface area contributed by atoms with Crippen LogP contribution in [0.1, 0.15) is 38.8 Å². The largest absolute Gasteiger partial charge is 0.431 e. The molecule has 6 heteroatoms. The molecule has 0 radical (unpaired) electrons. The Morgan fingerprint density at radius 3 is 1.81 bits per heavy atom. The third kappa shape index (κ3) is 8.44. The van der Waals surface area contributed by atoms with E-state index in [-0.39, 0.29) is 0 Å². The maximum Gasteiger partial charge on any atom is 0.278 e. The van der Waals surface area contributed by atoms with E-state index in [0.717, 1.165) is 29.4 Å². The van der Waals surface area contributed by atoms with Crippen molar-refractivity contribution >= 4 is 33.5 Å². The first-order valence-electron chi connectivity index (χ1n) is 10.9. The first-order chi connectivity index (χ1) is 15.5. The molecule has 0 unspecified atom stereocenters. The van der Waals surface area contributed by atoms with Crippen LogP contribution < -0.4 is 10.1 Å². The summed E-state index contributed by atoms with van der Waals surface area (Å²) in [6.45, 7) is 8.92. The zero-order valence-electron chi connectivity index (χ0n) is 19.1. The van der Waals surface area contributed by atoms with Crippen LogP contribution in [-0.2, 0) is 12.8 Å². The summed E-state index contributed by atoms with van der Waals surface area (Å²) in [7, 11) is 0. The summed E-state index contributed by atoms with van der Waals surface area (Å²) in [6.07, 6.45) is 5.79. The van der Waals surface area contributed by atoms with Crippen molar-refractivity contribution in [3.05, 3.63) is 82.8 Å². The van der Waals surface area contributed by atoms with E-state index in [9.17, 15) is 0 Å². The molecular formula is C26H31N3OS2. The number of hydrogen-bond donors (Lipinski definition) is 1. The van der Waals surface area contributed by atoms with Gasteiger partial charge in [0.2, 0.25) is 0 Å². The summed E-state index contributed by atoms with van der Waals surface area (Å²) in [4.78, 5) is 8.27. The minimum absolute atomic E-state index is 0.686. The smallest absolute Gasteiger partial charge is 0.278 e. The summed E-state index contributed by atoms with van der Waals surface area (Å²) in [5.41, 5.74) is 3.84. The molecule has 4 rings (SSSR count). The molecule has 32 heavy (non-hydrogen) atoms. The summed E-state index contributed by atoms with van der Waals surface area (Å²) in [5.74, 6) is 2.24. The Morgan fingerprint density at radius 1 is 0.750 bits per heavy atom. The van der Waals surface area contributed by atoms with Gasteiger partial charge in [0, 0.05) is 28.8 Å². The van der Waals surface area contributed by atoms with Gasteiger partial charge < -0.3 is 10.1 Å². The van der Waals surface area contributed by atoms with Crippen molar-refractivity contribution in [2.75, 3.05) is 5.32 Å². The second-order valence-corrected chi connectivity index (χ2v) is 10.2. The number of nitrogens with one attached hydrogen (secondary N) is 1. The van der Waals surface area contributed by atoms with Crippen molar-refractivity contribution < 1.29 is 4.74 Å². The zero-order valence-corrected chi connectivity index (χ0v) is 20.7. The van der Waals surface area contributed by atoms with Gasteiger partial charge in [-0.25, -0.2) is 9.97 Å². The molecule has 2 aromatic carbocycles. The van der Waals surface area contributed by atoms with E-state index in [0.29, 0.717) is 17.0 Å². The molecule has 4 aromatic rings. The Kier molecular flexibility index (Phi) is 9.26. The number of rotatable bonds is 8. The van der Waals surface area contributed by atoms with Crippen molar-refractivity contribution in [2.45, 2.75) is 40.5 Å². The normalized spacial score (nSPS) is 10.7. The lowest BCUT2D eigenvalue weighted by Gasteiger charge is -2.06. The molecule has 0 saturated carbocycles. The van der Waals surface area contributed by atoms with E-state index in [1.807, 2.05) is 22.9 Å². The number of ether oxygens (including phenoxy) is 1. The lowest BCUT2D eigenvalue weighted by Crippen LogP contribution is -1.94. The molecule has 2 heterocycles. The average molecular weight is 466 g/mol. The SMILES string of the molecule is CC(C)Cc1ccc(Nc2nccs2)cc1.CC(C)Cc1ccc(Oc2nccs2)cc1. The Labute approximate surface area is 199 Å². The molecule has 0 atom stereocenters. The molecule has 4 nitrogen and oxygen atoms in total. The van der Waals surface area contributed by atoms with Crippen molar-refractivity contribution in [3.8, 4) is 10.9 Å². The predicted molar refractivity (Wildman–Crippen MR) is 138 cm³/mol. The molecule has 0 amide bonds. The van der Waals surface area contributed by atoms with Crippen LogP contribution in [0.3, 0.4) is 0 Å². The monoisotopic (exact) mass is 465 g/mol. The van der Waals surface area contributed by atoms with Gasteiger partial charge in [-0.2, -0.15) is 0 Å². The van der Waals surface area contributed by atoms with E-state index in [1.165, 1.54) is 22.5 Å². The predicted octanol–water partition coefficient (Wildman–Crippen LogP) is 8.22. The summed E-state index contributed by atoms with van der Waals surface area (Å²) in [6, 6.07) is 16.8. The van der Waals surface area contributed by atoms with Gasteiger partial charge >= 0.3 is 0 Å². The molecule has 0 saturated heterocycles. The van der Waals surface area contributed by atoms with E-state index in [4.69, 9.17) is 4.74 Å². The average Bonchev–Trinajstić information content (AvgIpc) is 3.45. The van der Waals surface area contributed by atoms with Crippen LogP contribution in [0.15, 0.2) is 71.7 Å². The molecule has 0 aliphatic carbocycles. The fourth-order valence-electron chi connectivity index (χ4n) is 3.13. The lowest BCUT2D eigenvalue weighted by atomic mass is 10.0. The quantitative estimate of drug-likeness (QED) is 0.285. The highest BCUT2D eigenvalue weighted by Gasteiger charge is 2.01. The number of thiazole rings is 2. The van der Waals surface area contributed by atoms with Crippen LogP contribution in [0, 0.1) is 11.8 Å². The summed E-state index contributed by atoms with van der Waals surface area (Å²) in [5, 5.41) is 8.78. The van der Waals surface area contributed by atoms with Gasteiger partial charge in [-0.1, -0.05) is 63.3 Å². The van der Waals surface area contributed by atoms with Crippen molar-refractivity contribution in [1.82, 2.24) is 9.97 Å². The van der Waals surface area contributed by atoms with Crippen LogP contribution in [-0.4, -0.2) is 9.97 Å². The first-order valence-corrected chi connectivity index (χ1v) is 12.7. The Morgan fingerprint density at radius 2 is 1.31 bits per heavy atom. The van der Waals surface area contributed by atoms with Gasteiger partial charge in [-0.05, 0) is 60.1 Å². The van der Waals surface area contributed by atoms with Crippen LogP contribution >= 0.6 is 22.7 Å². The highest BCUT2D eigenvalue weighted by molar-refractivity contribution is 7.13. The highest BCUT2D eigenvalue weighted by atomic mass is 32.1. The number of anilines is 2. The van der Waals surface area contributed by atoms with E-state index in [2.05, 4.69) is 79.4 Å². The fourth-order valence-corrected chi connectivity index (χ4v) is 4.18. The van der Waals surface area contributed by atoms with Gasteiger partial charge in [0.1, 0.15) is 5.75 Å². The lowest BCUT2D eigenvalue weighted by molar-refractivity contribution is 0.478. The van der Waals surface area contributed by atoms with E-state index >= 15 is 0 Å². The maximum absolute atomic E-state index is 5.59. The molecule has 2 aromatic heterocycles. The first kappa shape index (κ1) is 24.0. The minimum Gasteiger partial charge on any atom is -0.431 e. The van der Waals surface area contributed by atoms with Crippen LogP contribution in [0.4, 0.5) is 10.8 Å². The Hall–Kier alpha value is -2.70. The highest BCUT2D eigenvalue weighted by Crippen LogP contribution is 2.24. The molecule has 1 N–H and O–H groups in total. The second kappa shape index (κ2) is 12.4. The van der Waals surface area contributed by atoms with Gasteiger partial charge in [0.15, 0.2) is 5.13 Å². The molecular weight excluding hydrogens is 434 g/mol. The summed E-state index contributed by atoms with van der Waals surface area (Å²) >= 11 is 3.11. The number of hydrogen-bond acceptors (Lipinski definition) is 6. The Balaban J connectivity index is 0.000000181. The zero-order chi connectivity index (χ0) is 22.8. The molecule has 0 aliphatic rings. The molecule has 0 fully saturated rings. The van der Waals surface area contributed by atoms with E-state index in [1.54, 1.807) is 23.7 Å². The maximum atomic E-state index is 5.59. The van der Waals surface area contributed by atoms with Crippen molar-refractivity contribution in [2.24, 2.45) is 11.8 Å². The Bertz CT molecular complexity index is 924. The number of aromatic nitrogens is 2. The van der Waals surface area contributed by atoms with Crippen molar-refractivity contribution in [1.29, 1.82) is 0 Å². The molecule has 0 aliphatic heterocycles. The molecule has 0 spiro atoms. The van der Waals surface area contributed by atoms with E-state index < -0.39 is 0 Å². The van der Waals surface area contributed by atoms with Crippen molar-refractivity contribution in [3.63, 3.8) is 0 Å². The van der Waals surface area contributed by atoms with Gasteiger partial charge in [-0.15, -0.1) is 11.3 Å². The van der Waals surface area contributed by atoms with Crippen LogP contribution in [0.5, 0.6) is 10.9 Å². The van der Waals surface area contributed by atoms with Crippen LogP contribution in [0.2, 0.25) is 0 Å². The fraction of sp³-hybridized carbons (Fsp3) is 0.308. The number of nitrogens with zero attached hydrogens (tertiary/aromatic N) is 2. The molecule has 0 bridgehead atoms. The molecule has 168 valence electrons.